The van der Waals surface area contributed by atoms with Crippen LogP contribution in [0.2, 0.25) is 0 Å². The number of rotatable bonds is 7. The number of methoxy groups -OCH3 is 2. The molecular formula is C21H24BrN3O5S. The minimum absolute atomic E-state index is 0.0601. The van der Waals surface area contributed by atoms with Crippen molar-refractivity contribution in [2.24, 2.45) is 5.92 Å². The quantitative estimate of drug-likeness (QED) is 0.388. The van der Waals surface area contributed by atoms with Gasteiger partial charge in [0.15, 0.2) is 16.6 Å². The van der Waals surface area contributed by atoms with Crippen molar-refractivity contribution < 1.29 is 23.8 Å². The molecule has 2 aromatic rings. The van der Waals surface area contributed by atoms with Gasteiger partial charge in [-0.05, 0) is 70.5 Å². The summed E-state index contributed by atoms with van der Waals surface area (Å²) in [6.07, 6.45) is 0. The van der Waals surface area contributed by atoms with Crippen LogP contribution in [0.1, 0.15) is 34.6 Å². The van der Waals surface area contributed by atoms with Gasteiger partial charge in [-0.15, -0.1) is 0 Å². The Hall–Kier alpha value is -2.85. The van der Waals surface area contributed by atoms with Crippen LogP contribution < -0.4 is 30.4 Å². The number of ether oxygens (including phenoxy) is 3. The smallest absolute Gasteiger partial charge is 0.269 e. The molecule has 166 valence electrons. The number of carbonyl (C=O) groups excluding carboxylic acids is 2. The average molecular weight is 510 g/mol. The Bertz CT molecular complexity index is 968. The van der Waals surface area contributed by atoms with Crippen LogP contribution in [0.3, 0.4) is 0 Å². The molecule has 0 aromatic heterocycles. The summed E-state index contributed by atoms with van der Waals surface area (Å²) in [7, 11) is 2.98. The first-order valence-corrected chi connectivity index (χ1v) is 10.5. The first-order chi connectivity index (χ1) is 14.7. The third-order valence-electron chi connectivity index (χ3n) is 3.93. The summed E-state index contributed by atoms with van der Waals surface area (Å²) >= 11 is 8.48. The predicted octanol–water partition coefficient (Wildman–Crippen LogP) is 3.45. The number of hydrogen-bond donors (Lipinski definition) is 3. The Morgan fingerprint density at radius 3 is 2.13 bits per heavy atom. The van der Waals surface area contributed by atoms with Crippen LogP contribution in [0, 0.1) is 5.92 Å². The number of thiocarbonyl (C=S) groups is 1. The number of amides is 2. The highest BCUT2D eigenvalue weighted by atomic mass is 79.9. The largest absolute Gasteiger partial charge is 0.493 e. The van der Waals surface area contributed by atoms with Crippen LogP contribution >= 0.6 is 28.1 Å². The molecule has 8 nitrogen and oxygen atoms in total. The lowest BCUT2D eigenvalue weighted by Gasteiger charge is -2.13. The molecule has 0 heterocycles. The Labute approximate surface area is 194 Å². The Morgan fingerprint density at radius 2 is 1.55 bits per heavy atom. The SMILES string of the molecule is COc1ccc(C(=O)NNC(=S)NC(=O)c2ccc(OCC(C)C)c(Br)c2)cc1OC. The maximum Gasteiger partial charge on any atom is 0.269 e. The molecule has 2 amide bonds. The standard InChI is InChI=1S/C21H24BrN3O5S/c1-12(2)11-30-16-7-5-13(9-15(16)22)19(26)23-21(31)25-24-20(27)14-6-8-17(28-3)18(10-14)29-4/h5-10,12H,11H2,1-4H3,(H,24,27)(H2,23,25,26,31). The van der Waals surface area contributed by atoms with Crippen LogP contribution in [0.15, 0.2) is 40.9 Å². The van der Waals surface area contributed by atoms with E-state index < -0.39 is 11.8 Å². The van der Waals surface area contributed by atoms with Crippen LogP contribution in [0.25, 0.3) is 0 Å². The molecule has 0 unspecified atom stereocenters. The van der Waals surface area contributed by atoms with Crippen molar-refractivity contribution in [3.63, 3.8) is 0 Å². The predicted molar refractivity (Wildman–Crippen MR) is 125 cm³/mol. The van der Waals surface area contributed by atoms with E-state index in [-0.39, 0.29) is 5.11 Å². The molecule has 0 radical (unpaired) electrons. The molecule has 2 aromatic carbocycles. The van der Waals surface area contributed by atoms with Gasteiger partial charge in [0.1, 0.15) is 5.75 Å². The fourth-order valence-electron chi connectivity index (χ4n) is 2.39. The molecule has 31 heavy (non-hydrogen) atoms. The van der Waals surface area contributed by atoms with Gasteiger partial charge in [0, 0.05) is 11.1 Å². The van der Waals surface area contributed by atoms with Crippen LogP contribution in [-0.2, 0) is 0 Å². The van der Waals surface area contributed by atoms with Gasteiger partial charge in [-0.25, -0.2) is 0 Å². The Kier molecular flexibility index (Phi) is 9.07. The van der Waals surface area contributed by atoms with E-state index in [4.69, 9.17) is 26.4 Å². The van der Waals surface area contributed by atoms with Gasteiger partial charge in [0.05, 0.1) is 25.3 Å². The zero-order valence-corrected chi connectivity index (χ0v) is 20.0. The highest BCUT2D eigenvalue weighted by Crippen LogP contribution is 2.28. The lowest BCUT2D eigenvalue weighted by atomic mass is 10.2. The molecule has 0 saturated heterocycles. The lowest BCUT2D eigenvalue weighted by Crippen LogP contribution is -2.48. The highest BCUT2D eigenvalue weighted by molar-refractivity contribution is 9.10. The molecular weight excluding hydrogens is 486 g/mol. The van der Waals surface area contributed by atoms with Crippen LogP contribution in [-0.4, -0.2) is 37.8 Å². The molecule has 0 saturated carbocycles. The third kappa shape index (κ3) is 7.11. The summed E-state index contributed by atoms with van der Waals surface area (Å²) in [6.45, 7) is 4.67. The van der Waals surface area contributed by atoms with E-state index in [9.17, 15) is 9.59 Å². The van der Waals surface area contributed by atoms with Crippen molar-refractivity contribution >= 4 is 45.1 Å². The maximum atomic E-state index is 12.4. The highest BCUT2D eigenvalue weighted by Gasteiger charge is 2.13. The summed E-state index contributed by atoms with van der Waals surface area (Å²) in [6, 6.07) is 9.67. The van der Waals surface area contributed by atoms with E-state index in [1.807, 2.05) is 13.8 Å². The van der Waals surface area contributed by atoms with Crippen LogP contribution in [0.4, 0.5) is 0 Å². The maximum absolute atomic E-state index is 12.4. The number of halogens is 1. The summed E-state index contributed by atoms with van der Waals surface area (Å²) in [5.74, 6) is 1.04. The number of nitrogens with one attached hydrogen (secondary N) is 3. The number of hydrogen-bond acceptors (Lipinski definition) is 6. The third-order valence-corrected chi connectivity index (χ3v) is 4.75. The van der Waals surface area contributed by atoms with Gasteiger partial charge in [0.2, 0.25) is 0 Å². The van der Waals surface area contributed by atoms with Gasteiger partial charge in [-0.2, -0.15) is 0 Å². The second-order valence-corrected chi connectivity index (χ2v) is 8.04. The van der Waals surface area contributed by atoms with E-state index >= 15 is 0 Å². The van der Waals surface area contributed by atoms with Gasteiger partial charge in [0.25, 0.3) is 11.8 Å². The van der Waals surface area contributed by atoms with E-state index in [1.54, 1.807) is 30.3 Å². The van der Waals surface area contributed by atoms with E-state index in [0.717, 1.165) is 0 Å². The minimum atomic E-state index is -0.466. The van der Waals surface area contributed by atoms with Gasteiger partial charge in [-0.3, -0.25) is 25.8 Å². The van der Waals surface area contributed by atoms with Crippen molar-refractivity contribution in [3.05, 3.63) is 52.0 Å². The van der Waals surface area contributed by atoms with Crippen molar-refractivity contribution in [1.29, 1.82) is 0 Å². The van der Waals surface area contributed by atoms with Gasteiger partial charge < -0.3 is 14.2 Å². The topological polar surface area (TPSA) is 97.9 Å². The normalized spacial score (nSPS) is 10.3. The summed E-state index contributed by atoms with van der Waals surface area (Å²) in [5.41, 5.74) is 5.61. The summed E-state index contributed by atoms with van der Waals surface area (Å²) < 4.78 is 16.6. The second kappa shape index (κ2) is 11.5. The van der Waals surface area contributed by atoms with E-state index in [1.165, 1.54) is 20.3 Å². The van der Waals surface area contributed by atoms with Crippen molar-refractivity contribution in [2.45, 2.75) is 13.8 Å². The van der Waals surface area contributed by atoms with Crippen molar-refractivity contribution in [3.8, 4) is 17.2 Å². The molecule has 10 heteroatoms. The average Bonchev–Trinajstić information content (AvgIpc) is 2.75. The van der Waals surface area contributed by atoms with Crippen molar-refractivity contribution in [2.75, 3.05) is 20.8 Å². The number of hydrazine groups is 1. The molecule has 2 rings (SSSR count). The zero-order valence-electron chi connectivity index (χ0n) is 17.6. The molecule has 0 spiro atoms. The van der Waals surface area contributed by atoms with Gasteiger partial charge >= 0.3 is 0 Å². The molecule has 0 aliphatic rings. The summed E-state index contributed by atoms with van der Waals surface area (Å²) in [5, 5.41) is 2.44. The first kappa shape index (κ1) is 24.4. The minimum Gasteiger partial charge on any atom is -0.493 e. The number of benzene rings is 2. The fourth-order valence-corrected chi connectivity index (χ4v) is 3.02. The Balaban J connectivity index is 1.91. The molecule has 3 N–H and O–H groups in total. The summed E-state index contributed by atoms with van der Waals surface area (Å²) in [4.78, 5) is 24.7. The van der Waals surface area contributed by atoms with E-state index in [2.05, 4.69) is 32.1 Å². The van der Waals surface area contributed by atoms with Gasteiger partial charge in [-0.1, -0.05) is 13.8 Å². The zero-order chi connectivity index (χ0) is 23.0. The first-order valence-electron chi connectivity index (χ1n) is 9.31. The van der Waals surface area contributed by atoms with Crippen LogP contribution in [0.5, 0.6) is 17.2 Å². The molecule has 0 fully saturated rings. The molecule has 0 aliphatic heterocycles. The number of carbonyl (C=O) groups is 2. The second-order valence-electron chi connectivity index (χ2n) is 6.78. The van der Waals surface area contributed by atoms with E-state index in [0.29, 0.717) is 45.4 Å². The lowest BCUT2D eigenvalue weighted by molar-refractivity contribution is 0.0934. The molecule has 0 atom stereocenters. The molecule has 0 bridgehead atoms. The monoisotopic (exact) mass is 509 g/mol. The Morgan fingerprint density at radius 1 is 0.935 bits per heavy atom. The van der Waals surface area contributed by atoms with Crippen molar-refractivity contribution in [1.82, 2.24) is 16.2 Å². The fraction of sp³-hybridized carbons (Fsp3) is 0.286. The molecule has 0 aliphatic carbocycles.